The van der Waals surface area contributed by atoms with Crippen molar-refractivity contribution in [2.45, 2.75) is 65.2 Å². The molecular formula is C19H33NO. The molecule has 1 N–H and O–H groups in total. The Balaban J connectivity index is 2.05. The van der Waals surface area contributed by atoms with Crippen LogP contribution in [-0.4, -0.2) is 19.7 Å². The standard InChI is InChI=1S/C19H33NO/c1-4-14-20-15-8-6-7-9-16-21-19-12-10-18(11-13-19)17(3)5-2/h10-13,17,20H,4-9,14-16H2,1-3H3. The van der Waals surface area contributed by atoms with Gasteiger partial charge in [0.25, 0.3) is 0 Å². The smallest absolute Gasteiger partial charge is 0.119 e. The summed E-state index contributed by atoms with van der Waals surface area (Å²) >= 11 is 0. The number of benzene rings is 1. The second-order valence-corrected chi connectivity index (χ2v) is 5.89. The highest BCUT2D eigenvalue weighted by Crippen LogP contribution is 2.21. The molecule has 0 aliphatic carbocycles. The van der Waals surface area contributed by atoms with E-state index >= 15 is 0 Å². The lowest BCUT2D eigenvalue weighted by atomic mass is 9.99. The van der Waals surface area contributed by atoms with Gasteiger partial charge in [0.15, 0.2) is 0 Å². The maximum absolute atomic E-state index is 5.80. The molecular weight excluding hydrogens is 258 g/mol. The Bertz CT molecular complexity index is 347. The molecule has 0 amide bonds. The van der Waals surface area contributed by atoms with Gasteiger partial charge in [0.1, 0.15) is 5.75 Å². The lowest BCUT2D eigenvalue weighted by molar-refractivity contribution is 0.304. The summed E-state index contributed by atoms with van der Waals surface area (Å²) < 4.78 is 5.80. The maximum Gasteiger partial charge on any atom is 0.119 e. The molecule has 1 aromatic rings. The molecule has 0 saturated heterocycles. The van der Waals surface area contributed by atoms with Crippen molar-refractivity contribution in [3.8, 4) is 5.75 Å². The Morgan fingerprint density at radius 3 is 2.33 bits per heavy atom. The summed E-state index contributed by atoms with van der Waals surface area (Å²) in [5.41, 5.74) is 1.41. The fourth-order valence-corrected chi connectivity index (χ4v) is 2.33. The van der Waals surface area contributed by atoms with Gasteiger partial charge in [-0.05, 0) is 62.4 Å². The fraction of sp³-hybridized carbons (Fsp3) is 0.684. The van der Waals surface area contributed by atoms with Crippen molar-refractivity contribution in [3.05, 3.63) is 29.8 Å². The Morgan fingerprint density at radius 1 is 0.952 bits per heavy atom. The average molecular weight is 291 g/mol. The van der Waals surface area contributed by atoms with Crippen LogP contribution in [-0.2, 0) is 0 Å². The van der Waals surface area contributed by atoms with Gasteiger partial charge in [-0.15, -0.1) is 0 Å². The number of nitrogens with one attached hydrogen (secondary N) is 1. The van der Waals surface area contributed by atoms with Crippen molar-refractivity contribution in [1.82, 2.24) is 5.32 Å². The fourth-order valence-electron chi connectivity index (χ4n) is 2.33. The summed E-state index contributed by atoms with van der Waals surface area (Å²) in [6, 6.07) is 8.61. The van der Waals surface area contributed by atoms with Crippen LogP contribution in [0.25, 0.3) is 0 Å². The van der Waals surface area contributed by atoms with Crippen LogP contribution in [0.2, 0.25) is 0 Å². The van der Waals surface area contributed by atoms with E-state index in [1.165, 1.54) is 37.7 Å². The normalized spacial score (nSPS) is 12.3. The van der Waals surface area contributed by atoms with Crippen LogP contribution in [0.1, 0.15) is 70.8 Å². The van der Waals surface area contributed by atoms with E-state index in [0.29, 0.717) is 5.92 Å². The van der Waals surface area contributed by atoms with Gasteiger partial charge >= 0.3 is 0 Å². The Kier molecular flexibility index (Phi) is 9.98. The first-order valence-electron chi connectivity index (χ1n) is 8.71. The van der Waals surface area contributed by atoms with Crippen molar-refractivity contribution in [3.63, 3.8) is 0 Å². The molecule has 1 aromatic carbocycles. The Morgan fingerprint density at radius 2 is 1.67 bits per heavy atom. The van der Waals surface area contributed by atoms with Crippen LogP contribution >= 0.6 is 0 Å². The van der Waals surface area contributed by atoms with E-state index in [2.05, 4.69) is 50.4 Å². The Hall–Kier alpha value is -1.02. The quantitative estimate of drug-likeness (QED) is 0.538. The summed E-state index contributed by atoms with van der Waals surface area (Å²) in [6.07, 6.45) is 7.41. The lowest BCUT2D eigenvalue weighted by Gasteiger charge is -2.10. The highest BCUT2D eigenvalue weighted by atomic mass is 16.5. The van der Waals surface area contributed by atoms with Crippen LogP contribution in [0.15, 0.2) is 24.3 Å². The lowest BCUT2D eigenvalue weighted by Crippen LogP contribution is -2.15. The molecule has 120 valence electrons. The van der Waals surface area contributed by atoms with Crippen molar-refractivity contribution in [1.29, 1.82) is 0 Å². The van der Waals surface area contributed by atoms with Crippen molar-refractivity contribution in [2.24, 2.45) is 0 Å². The van der Waals surface area contributed by atoms with E-state index in [1.807, 2.05) is 0 Å². The molecule has 1 atom stereocenters. The molecule has 0 aliphatic heterocycles. The minimum atomic E-state index is 0.639. The molecule has 0 heterocycles. The van der Waals surface area contributed by atoms with Gasteiger partial charge in [-0.25, -0.2) is 0 Å². The predicted octanol–water partition coefficient (Wildman–Crippen LogP) is 5.14. The predicted molar refractivity (Wildman–Crippen MR) is 92.3 cm³/mol. The zero-order chi connectivity index (χ0) is 15.3. The summed E-state index contributed by atoms with van der Waals surface area (Å²) in [5.74, 6) is 1.65. The Labute approximate surface area is 131 Å². The van der Waals surface area contributed by atoms with E-state index in [-0.39, 0.29) is 0 Å². The molecule has 0 radical (unpaired) electrons. The molecule has 1 unspecified atom stereocenters. The highest BCUT2D eigenvalue weighted by molar-refractivity contribution is 5.29. The highest BCUT2D eigenvalue weighted by Gasteiger charge is 2.02. The molecule has 2 heteroatoms. The third-order valence-corrected chi connectivity index (χ3v) is 4.00. The first kappa shape index (κ1) is 18.0. The third-order valence-electron chi connectivity index (χ3n) is 4.00. The van der Waals surface area contributed by atoms with Crippen LogP contribution in [0.3, 0.4) is 0 Å². The maximum atomic E-state index is 5.80. The molecule has 2 nitrogen and oxygen atoms in total. The van der Waals surface area contributed by atoms with Gasteiger partial charge in [-0.3, -0.25) is 0 Å². The van der Waals surface area contributed by atoms with Gasteiger partial charge < -0.3 is 10.1 Å². The summed E-state index contributed by atoms with van der Waals surface area (Å²) in [7, 11) is 0. The monoisotopic (exact) mass is 291 g/mol. The van der Waals surface area contributed by atoms with Crippen LogP contribution in [0.4, 0.5) is 0 Å². The van der Waals surface area contributed by atoms with Gasteiger partial charge in [0, 0.05) is 0 Å². The van der Waals surface area contributed by atoms with Crippen LogP contribution in [0, 0.1) is 0 Å². The number of rotatable bonds is 12. The summed E-state index contributed by atoms with van der Waals surface area (Å²) in [5, 5.41) is 3.44. The second-order valence-electron chi connectivity index (χ2n) is 5.89. The van der Waals surface area contributed by atoms with Crippen LogP contribution < -0.4 is 10.1 Å². The van der Waals surface area contributed by atoms with Gasteiger partial charge in [-0.2, -0.15) is 0 Å². The van der Waals surface area contributed by atoms with Crippen LogP contribution in [0.5, 0.6) is 5.75 Å². The van der Waals surface area contributed by atoms with E-state index in [4.69, 9.17) is 4.74 Å². The number of hydrogen-bond donors (Lipinski definition) is 1. The molecule has 0 fully saturated rings. The molecule has 0 aromatic heterocycles. The largest absolute Gasteiger partial charge is 0.494 e. The van der Waals surface area contributed by atoms with E-state index in [0.717, 1.165) is 31.9 Å². The minimum absolute atomic E-state index is 0.639. The van der Waals surface area contributed by atoms with Gasteiger partial charge in [0.2, 0.25) is 0 Å². The number of hydrogen-bond acceptors (Lipinski definition) is 2. The van der Waals surface area contributed by atoms with Crippen molar-refractivity contribution >= 4 is 0 Å². The molecule has 21 heavy (non-hydrogen) atoms. The minimum Gasteiger partial charge on any atom is -0.494 e. The van der Waals surface area contributed by atoms with Gasteiger partial charge in [0.05, 0.1) is 6.61 Å². The first-order valence-corrected chi connectivity index (χ1v) is 8.71. The first-order chi connectivity index (χ1) is 10.3. The zero-order valence-electron chi connectivity index (χ0n) is 14.2. The number of ether oxygens (including phenoxy) is 1. The van der Waals surface area contributed by atoms with E-state index < -0.39 is 0 Å². The SMILES string of the molecule is CCCNCCCCCCOc1ccc(C(C)CC)cc1. The molecule has 0 aliphatic rings. The topological polar surface area (TPSA) is 21.3 Å². The second kappa shape index (κ2) is 11.6. The zero-order valence-corrected chi connectivity index (χ0v) is 14.2. The number of unbranched alkanes of at least 4 members (excludes halogenated alkanes) is 3. The van der Waals surface area contributed by atoms with Crippen molar-refractivity contribution in [2.75, 3.05) is 19.7 Å². The third kappa shape index (κ3) is 8.11. The average Bonchev–Trinajstić information content (AvgIpc) is 2.53. The van der Waals surface area contributed by atoms with E-state index in [1.54, 1.807) is 0 Å². The van der Waals surface area contributed by atoms with Crippen molar-refractivity contribution < 1.29 is 4.74 Å². The summed E-state index contributed by atoms with van der Waals surface area (Å²) in [4.78, 5) is 0. The molecule has 0 spiro atoms. The molecule has 0 saturated carbocycles. The van der Waals surface area contributed by atoms with Gasteiger partial charge in [-0.1, -0.05) is 45.7 Å². The molecule has 1 rings (SSSR count). The molecule has 0 bridgehead atoms. The summed E-state index contributed by atoms with van der Waals surface area (Å²) in [6.45, 7) is 9.85. The van der Waals surface area contributed by atoms with E-state index in [9.17, 15) is 0 Å².